The lowest BCUT2D eigenvalue weighted by atomic mass is 10.1. The Kier molecular flexibility index (Phi) is 5.28. The lowest BCUT2D eigenvalue weighted by Crippen LogP contribution is -2.47. The molecule has 0 bridgehead atoms. The first-order valence-electron chi connectivity index (χ1n) is 8.08. The molecule has 5 nitrogen and oxygen atoms in total. The molecule has 0 aliphatic carbocycles. The number of carbonyl (C=O) groups is 2. The number of hydrogen-bond acceptors (Lipinski definition) is 4. The Bertz CT molecular complexity index is 766. The van der Waals surface area contributed by atoms with Crippen LogP contribution in [0, 0.1) is 0 Å². The number of phenols is 1. The van der Waals surface area contributed by atoms with Crippen LogP contribution in [0.4, 0.5) is 0 Å². The van der Waals surface area contributed by atoms with Gasteiger partial charge in [-0.05, 0) is 11.6 Å². The monoisotopic (exact) mass is 356 g/mol. The first kappa shape index (κ1) is 17.4. The highest BCUT2D eigenvalue weighted by Crippen LogP contribution is 2.44. The van der Waals surface area contributed by atoms with E-state index in [4.69, 9.17) is 0 Å². The second-order valence-corrected chi connectivity index (χ2v) is 7.00. The van der Waals surface area contributed by atoms with Gasteiger partial charge in [0.2, 0.25) is 11.8 Å². The summed E-state index contributed by atoms with van der Waals surface area (Å²) in [6.45, 7) is 1.88. The number of benzene rings is 2. The third-order valence-corrected chi connectivity index (χ3v) is 5.48. The van der Waals surface area contributed by atoms with Gasteiger partial charge in [-0.1, -0.05) is 48.5 Å². The van der Waals surface area contributed by atoms with E-state index in [1.165, 1.54) is 18.7 Å². The van der Waals surface area contributed by atoms with Crippen LogP contribution in [-0.2, 0) is 16.1 Å². The van der Waals surface area contributed by atoms with Crippen molar-refractivity contribution in [1.29, 1.82) is 0 Å². The molecule has 1 aliphatic rings. The molecule has 1 fully saturated rings. The highest BCUT2D eigenvalue weighted by atomic mass is 32.2. The molecule has 1 heterocycles. The van der Waals surface area contributed by atoms with E-state index in [1.807, 2.05) is 36.4 Å². The smallest absolute Gasteiger partial charge is 0.243 e. The third-order valence-electron chi connectivity index (χ3n) is 4.18. The Morgan fingerprint density at radius 3 is 2.52 bits per heavy atom. The predicted molar refractivity (Wildman–Crippen MR) is 97.9 cm³/mol. The van der Waals surface area contributed by atoms with Crippen LogP contribution in [0.1, 0.15) is 23.4 Å². The molecule has 1 aliphatic heterocycles. The minimum atomic E-state index is -0.546. The lowest BCUT2D eigenvalue weighted by molar-refractivity contribution is -0.138. The van der Waals surface area contributed by atoms with Crippen LogP contribution in [0.5, 0.6) is 5.75 Å². The molecule has 6 heteroatoms. The van der Waals surface area contributed by atoms with Crippen molar-refractivity contribution >= 4 is 23.6 Å². The molecule has 1 saturated heterocycles. The van der Waals surface area contributed by atoms with E-state index in [2.05, 4.69) is 5.32 Å². The summed E-state index contributed by atoms with van der Waals surface area (Å²) < 4.78 is 0. The topological polar surface area (TPSA) is 69.6 Å². The molecule has 2 atom stereocenters. The summed E-state index contributed by atoms with van der Waals surface area (Å²) in [7, 11) is 0. The maximum Gasteiger partial charge on any atom is 0.243 e. The van der Waals surface area contributed by atoms with E-state index in [0.717, 1.165) is 5.56 Å². The van der Waals surface area contributed by atoms with Gasteiger partial charge in [0.1, 0.15) is 17.2 Å². The van der Waals surface area contributed by atoms with E-state index in [9.17, 15) is 14.7 Å². The highest BCUT2D eigenvalue weighted by molar-refractivity contribution is 7.99. The van der Waals surface area contributed by atoms with Crippen molar-refractivity contribution in [3.8, 4) is 5.75 Å². The number of hydrogen-bond donors (Lipinski definition) is 2. The molecule has 0 saturated carbocycles. The van der Waals surface area contributed by atoms with Crippen LogP contribution in [0.15, 0.2) is 54.6 Å². The van der Waals surface area contributed by atoms with E-state index < -0.39 is 6.04 Å². The minimum absolute atomic E-state index is 0.136. The van der Waals surface area contributed by atoms with Gasteiger partial charge in [-0.2, -0.15) is 0 Å². The Hall–Kier alpha value is -2.47. The molecule has 0 radical (unpaired) electrons. The molecule has 130 valence electrons. The Balaban J connectivity index is 1.74. The molecule has 2 aromatic rings. The quantitative estimate of drug-likeness (QED) is 0.884. The maximum atomic E-state index is 12.6. The predicted octanol–water partition coefficient (Wildman–Crippen LogP) is 2.67. The van der Waals surface area contributed by atoms with Gasteiger partial charge in [-0.15, -0.1) is 11.8 Å². The summed E-state index contributed by atoms with van der Waals surface area (Å²) >= 11 is 1.49. The van der Waals surface area contributed by atoms with Crippen molar-refractivity contribution in [3.05, 3.63) is 65.7 Å². The summed E-state index contributed by atoms with van der Waals surface area (Å²) in [6, 6.07) is 16.0. The van der Waals surface area contributed by atoms with Crippen LogP contribution >= 0.6 is 11.8 Å². The summed E-state index contributed by atoms with van der Waals surface area (Å²) in [4.78, 5) is 26.4. The molecule has 2 N–H and O–H groups in total. The first-order chi connectivity index (χ1) is 12.1. The zero-order valence-electron chi connectivity index (χ0n) is 13.9. The van der Waals surface area contributed by atoms with Crippen molar-refractivity contribution in [3.63, 3.8) is 0 Å². The van der Waals surface area contributed by atoms with Crippen LogP contribution < -0.4 is 5.32 Å². The molecule has 0 aromatic heterocycles. The number of rotatable bonds is 4. The van der Waals surface area contributed by atoms with Gasteiger partial charge in [-0.25, -0.2) is 0 Å². The Labute approximate surface area is 151 Å². The summed E-state index contributed by atoms with van der Waals surface area (Å²) in [5, 5.41) is 12.6. The number of thioether (sulfide) groups is 1. The summed E-state index contributed by atoms with van der Waals surface area (Å²) in [5.74, 6) is 0.276. The number of nitrogens with one attached hydrogen (secondary N) is 1. The van der Waals surface area contributed by atoms with E-state index in [1.54, 1.807) is 23.1 Å². The molecule has 2 aromatic carbocycles. The van der Waals surface area contributed by atoms with E-state index in [-0.39, 0.29) is 22.9 Å². The van der Waals surface area contributed by atoms with Crippen LogP contribution in [0.25, 0.3) is 0 Å². The van der Waals surface area contributed by atoms with Gasteiger partial charge in [0.05, 0.1) is 0 Å². The third kappa shape index (κ3) is 3.79. The number of carbonyl (C=O) groups excluding carboxylic acids is 2. The van der Waals surface area contributed by atoms with Gasteiger partial charge in [0.15, 0.2) is 0 Å². The van der Waals surface area contributed by atoms with Crippen LogP contribution in [0.3, 0.4) is 0 Å². The van der Waals surface area contributed by atoms with Gasteiger partial charge >= 0.3 is 0 Å². The normalized spacial score (nSPS) is 19.6. The molecule has 25 heavy (non-hydrogen) atoms. The second kappa shape index (κ2) is 7.61. The van der Waals surface area contributed by atoms with Crippen molar-refractivity contribution in [1.82, 2.24) is 10.2 Å². The number of aromatic hydroxyl groups is 1. The molecule has 2 amide bonds. The Morgan fingerprint density at radius 2 is 1.84 bits per heavy atom. The largest absolute Gasteiger partial charge is 0.508 e. The van der Waals surface area contributed by atoms with Gasteiger partial charge < -0.3 is 15.3 Å². The first-order valence-corrected chi connectivity index (χ1v) is 9.13. The number of nitrogens with zero attached hydrogens (tertiary/aromatic N) is 1. The maximum absolute atomic E-state index is 12.6. The second-order valence-electron chi connectivity index (χ2n) is 5.89. The fourth-order valence-corrected chi connectivity index (χ4v) is 4.44. The zero-order chi connectivity index (χ0) is 17.8. The van der Waals surface area contributed by atoms with Crippen molar-refractivity contribution in [2.75, 3.05) is 5.75 Å². The van der Waals surface area contributed by atoms with E-state index >= 15 is 0 Å². The SMILES string of the molecule is CC(=O)N1[C@@H](C(=O)NCc2ccccc2)CS[C@@H]1c1ccccc1O. The standard InChI is InChI=1S/C19H20N2O3S/c1-13(22)21-16(18(24)20-11-14-7-3-2-4-8-14)12-25-19(21)15-9-5-6-10-17(15)23/h2-10,16,19,23H,11-12H2,1H3,(H,20,24)/t16-,19-/m1/s1. The van der Waals surface area contributed by atoms with Crippen molar-refractivity contribution in [2.24, 2.45) is 0 Å². The van der Waals surface area contributed by atoms with Crippen LogP contribution in [0.2, 0.25) is 0 Å². The summed E-state index contributed by atoms with van der Waals surface area (Å²) in [6.07, 6.45) is 0. The number of phenolic OH excluding ortho intramolecular Hbond substituents is 1. The fourth-order valence-electron chi connectivity index (χ4n) is 2.93. The van der Waals surface area contributed by atoms with Gasteiger partial charge in [0, 0.05) is 24.8 Å². The highest BCUT2D eigenvalue weighted by Gasteiger charge is 2.41. The fraction of sp³-hybridized carbons (Fsp3) is 0.263. The average Bonchev–Trinajstić information content (AvgIpc) is 3.06. The van der Waals surface area contributed by atoms with Gasteiger partial charge in [0.25, 0.3) is 0 Å². The van der Waals surface area contributed by atoms with E-state index in [0.29, 0.717) is 17.9 Å². The summed E-state index contributed by atoms with van der Waals surface area (Å²) in [5.41, 5.74) is 1.66. The van der Waals surface area contributed by atoms with Crippen molar-refractivity contribution in [2.45, 2.75) is 24.9 Å². The Morgan fingerprint density at radius 1 is 1.16 bits per heavy atom. The zero-order valence-corrected chi connectivity index (χ0v) is 14.7. The number of amides is 2. The molecule has 3 rings (SSSR count). The van der Waals surface area contributed by atoms with Crippen LogP contribution in [-0.4, -0.2) is 33.6 Å². The van der Waals surface area contributed by atoms with Crippen molar-refractivity contribution < 1.29 is 14.7 Å². The number of para-hydroxylation sites is 1. The average molecular weight is 356 g/mol. The van der Waals surface area contributed by atoms with Gasteiger partial charge in [-0.3, -0.25) is 9.59 Å². The lowest BCUT2D eigenvalue weighted by Gasteiger charge is -2.28. The minimum Gasteiger partial charge on any atom is -0.508 e. The molecular formula is C19H20N2O3S. The molecule has 0 spiro atoms. The molecule has 0 unspecified atom stereocenters. The molecular weight excluding hydrogens is 336 g/mol.